The third kappa shape index (κ3) is 5.96. The number of nitrogens with one attached hydrogen (secondary N) is 2. The molecule has 1 aromatic carbocycles. The van der Waals surface area contributed by atoms with Gasteiger partial charge in [-0.1, -0.05) is 51.1 Å². The van der Waals surface area contributed by atoms with Crippen molar-refractivity contribution in [3.8, 4) is 0 Å². The van der Waals surface area contributed by atoms with Gasteiger partial charge < -0.3 is 10.6 Å². The maximum absolute atomic E-state index is 12.2. The van der Waals surface area contributed by atoms with Gasteiger partial charge in [-0.05, 0) is 24.3 Å². The van der Waals surface area contributed by atoms with Crippen molar-refractivity contribution in [3.63, 3.8) is 0 Å². The first-order valence-electron chi connectivity index (χ1n) is 8.61. The zero-order valence-electron chi connectivity index (χ0n) is 14.7. The van der Waals surface area contributed by atoms with Crippen LogP contribution < -0.4 is 10.6 Å². The van der Waals surface area contributed by atoms with Crippen molar-refractivity contribution in [1.82, 2.24) is 15.6 Å². The fourth-order valence-electron chi connectivity index (χ4n) is 2.57. The van der Waals surface area contributed by atoms with Gasteiger partial charge in [-0.25, -0.2) is 9.78 Å². The van der Waals surface area contributed by atoms with Gasteiger partial charge in [0, 0.05) is 18.3 Å². The molecule has 4 nitrogen and oxygen atoms in total. The number of nitrogens with zero attached hydrogens (tertiary/aromatic N) is 1. The van der Waals surface area contributed by atoms with E-state index in [1.807, 2.05) is 18.2 Å². The van der Waals surface area contributed by atoms with E-state index in [2.05, 4.69) is 53.9 Å². The molecule has 2 amide bonds. The van der Waals surface area contributed by atoms with E-state index in [-0.39, 0.29) is 12.1 Å². The van der Waals surface area contributed by atoms with Crippen LogP contribution in [0.15, 0.2) is 35.7 Å². The Labute approximate surface area is 148 Å². The predicted molar refractivity (Wildman–Crippen MR) is 100 cm³/mol. The topological polar surface area (TPSA) is 54.0 Å². The van der Waals surface area contributed by atoms with Crippen LogP contribution in [0.1, 0.15) is 49.5 Å². The molecule has 0 bridgehead atoms. The summed E-state index contributed by atoms with van der Waals surface area (Å²) in [4.78, 5) is 16.7. The summed E-state index contributed by atoms with van der Waals surface area (Å²) in [7, 11) is 0. The molecule has 2 aromatic rings. The molecule has 1 atom stereocenters. The molecule has 2 rings (SSSR count). The SMILES string of the molecule is CCc1nc(CCNC(=O)NC(CC(C)C)c2ccccc2)cs1. The highest BCUT2D eigenvalue weighted by Crippen LogP contribution is 2.20. The minimum Gasteiger partial charge on any atom is -0.338 e. The maximum Gasteiger partial charge on any atom is 0.315 e. The number of aryl methyl sites for hydroxylation is 1. The third-order valence-corrected chi connectivity index (χ3v) is 4.82. The van der Waals surface area contributed by atoms with E-state index in [9.17, 15) is 4.79 Å². The standard InChI is InChI=1S/C19H27N3OS/c1-4-18-21-16(13-24-18)10-11-20-19(23)22-17(12-14(2)3)15-8-6-5-7-9-15/h5-9,13-14,17H,4,10-12H2,1-3H3,(H2,20,22,23). The Balaban J connectivity index is 1.83. The van der Waals surface area contributed by atoms with Crippen molar-refractivity contribution in [2.45, 2.75) is 46.1 Å². The number of carbonyl (C=O) groups excluding carboxylic acids is 1. The Morgan fingerprint density at radius 3 is 2.62 bits per heavy atom. The first-order chi connectivity index (χ1) is 11.6. The molecule has 24 heavy (non-hydrogen) atoms. The molecule has 2 N–H and O–H groups in total. The second-order valence-electron chi connectivity index (χ2n) is 6.33. The van der Waals surface area contributed by atoms with Crippen molar-refractivity contribution in [2.24, 2.45) is 5.92 Å². The predicted octanol–water partition coefficient (Wildman–Crippen LogP) is 4.33. The number of carbonyl (C=O) groups is 1. The van der Waals surface area contributed by atoms with Gasteiger partial charge in [0.15, 0.2) is 0 Å². The van der Waals surface area contributed by atoms with E-state index >= 15 is 0 Å². The highest BCUT2D eigenvalue weighted by Gasteiger charge is 2.15. The monoisotopic (exact) mass is 345 g/mol. The van der Waals surface area contributed by atoms with Crippen LogP contribution in [0.2, 0.25) is 0 Å². The Hall–Kier alpha value is -1.88. The Bertz CT molecular complexity index is 625. The van der Waals surface area contributed by atoms with Crippen LogP contribution in [-0.4, -0.2) is 17.6 Å². The van der Waals surface area contributed by atoms with Crippen LogP contribution in [0.3, 0.4) is 0 Å². The summed E-state index contributed by atoms with van der Waals surface area (Å²) < 4.78 is 0. The van der Waals surface area contributed by atoms with Crippen molar-refractivity contribution < 1.29 is 4.79 Å². The van der Waals surface area contributed by atoms with Gasteiger partial charge >= 0.3 is 6.03 Å². The molecule has 5 heteroatoms. The van der Waals surface area contributed by atoms with Crippen LogP contribution in [0, 0.1) is 5.92 Å². The van der Waals surface area contributed by atoms with E-state index in [0.29, 0.717) is 12.5 Å². The number of benzene rings is 1. The Morgan fingerprint density at radius 1 is 1.25 bits per heavy atom. The molecule has 0 aliphatic rings. The molecule has 1 unspecified atom stereocenters. The van der Waals surface area contributed by atoms with Crippen molar-refractivity contribution in [3.05, 3.63) is 52.0 Å². The first kappa shape index (κ1) is 18.5. The minimum atomic E-state index is -0.115. The molecule has 0 saturated carbocycles. The van der Waals surface area contributed by atoms with Crippen LogP contribution in [0.5, 0.6) is 0 Å². The van der Waals surface area contributed by atoms with E-state index < -0.39 is 0 Å². The molecular formula is C19H27N3OS. The van der Waals surface area contributed by atoms with Gasteiger partial charge in [0.25, 0.3) is 0 Å². The van der Waals surface area contributed by atoms with Crippen LogP contribution >= 0.6 is 11.3 Å². The van der Waals surface area contributed by atoms with Gasteiger partial charge in [0.1, 0.15) is 0 Å². The smallest absolute Gasteiger partial charge is 0.315 e. The molecule has 130 valence electrons. The minimum absolute atomic E-state index is 0.0390. The first-order valence-corrected chi connectivity index (χ1v) is 9.49. The van der Waals surface area contributed by atoms with Crippen LogP contribution in [0.4, 0.5) is 4.79 Å². The molecule has 1 aromatic heterocycles. The molecule has 0 radical (unpaired) electrons. The summed E-state index contributed by atoms with van der Waals surface area (Å²) in [6, 6.07) is 10.1. The zero-order valence-corrected chi connectivity index (χ0v) is 15.5. The Morgan fingerprint density at radius 2 is 2.00 bits per heavy atom. The summed E-state index contributed by atoms with van der Waals surface area (Å²) >= 11 is 1.68. The second-order valence-corrected chi connectivity index (χ2v) is 7.27. The molecule has 0 spiro atoms. The molecule has 1 heterocycles. The maximum atomic E-state index is 12.2. The van der Waals surface area contributed by atoms with Gasteiger partial charge in [0.05, 0.1) is 16.7 Å². The highest BCUT2D eigenvalue weighted by molar-refractivity contribution is 7.09. The van der Waals surface area contributed by atoms with Crippen molar-refractivity contribution in [2.75, 3.05) is 6.54 Å². The van der Waals surface area contributed by atoms with Gasteiger partial charge in [-0.15, -0.1) is 11.3 Å². The van der Waals surface area contributed by atoms with Crippen molar-refractivity contribution in [1.29, 1.82) is 0 Å². The van der Waals surface area contributed by atoms with E-state index in [0.717, 1.165) is 35.5 Å². The number of aromatic nitrogens is 1. The second kappa shape index (κ2) is 9.42. The lowest BCUT2D eigenvalue weighted by Gasteiger charge is -2.21. The lowest BCUT2D eigenvalue weighted by Crippen LogP contribution is -2.39. The van der Waals surface area contributed by atoms with Crippen LogP contribution in [-0.2, 0) is 12.8 Å². The lowest BCUT2D eigenvalue weighted by molar-refractivity contribution is 0.235. The van der Waals surface area contributed by atoms with Crippen LogP contribution in [0.25, 0.3) is 0 Å². The van der Waals surface area contributed by atoms with Gasteiger partial charge in [0.2, 0.25) is 0 Å². The fourth-order valence-corrected chi connectivity index (χ4v) is 3.35. The van der Waals surface area contributed by atoms with Gasteiger partial charge in [-0.2, -0.15) is 0 Å². The highest BCUT2D eigenvalue weighted by atomic mass is 32.1. The third-order valence-electron chi connectivity index (χ3n) is 3.78. The summed E-state index contributed by atoms with van der Waals surface area (Å²) in [6.07, 6.45) is 2.65. The normalized spacial score (nSPS) is 12.2. The number of hydrogen-bond donors (Lipinski definition) is 2. The van der Waals surface area contributed by atoms with Gasteiger partial charge in [-0.3, -0.25) is 0 Å². The summed E-state index contributed by atoms with van der Waals surface area (Å²) in [5.41, 5.74) is 2.20. The molecule has 0 aliphatic carbocycles. The van der Waals surface area contributed by atoms with E-state index in [4.69, 9.17) is 0 Å². The Kier molecular flexibility index (Phi) is 7.25. The number of amides is 2. The zero-order chi connectivity index (χ0) is 17.4. The van der Waals surface area contributed by atoms with E-state index in [1.54, 1.807) is 11.3 Å². The largest absolute Gasteiger partial charge is 0.338 e. The quantitative estimate of drug-likeness (QED) is 0.748. The molecule has 0 aliphatic heterocycles. The van der Waals surface area contributed by atoms with E-state index in [1.165, 1.54) is 0 Å². The number of thiazole rings is 1. The lowest BCUT2D eigenvalue weighted by atomic mass is 9.97. The number of urea groups is 1. The average Bonchev–Trinajstić information content (AvgIpc) is 3.02. The average molecular weight is 346 g/mol. The van der Waals surface area contributed by atoms with Crippen molar-refractivity contribution >= 4 is 17.4 Å². The molecule has 0 saturated heterocycles. The molecule has 0 fully saturated rings. The summed E-state index contributed by atoms with van der Waals surface area (Å²) in [5, 5.41) is 9.27. The summed E-state index contributed by atoms with van der Waals surface area (Å²) in [6.45, 7) is 7.04. The number of hydrogen-bond acceptors (Lipinski definition) is 3. The molecular weight excluding hydrogens is 318 g/mol. The fraction of sp³-hybridized carbons (Fsp3) is 0.474. The number of rotatable bonds is 8. The summed E-state index contributed by atoms with van der Waals surface area (Å²) in [5.74, 6) is 0.512.